The number of nitrogens with zero attached hydrogens (tertiary/aromatic N) is 1. The Morgan fingerprint density at radius 2 is 2.05 bits per heavy atom. The third kappa shape index (κ3) is 3.36. The Labute approximate surface area is 125 Å². The van der Waals surface area contributed by atoms with Crippen molar-refractivity contribution in [3.8, 4) is 0 Å². The van der Waals surface area contributed by atoms with Crippen molar-refractivity contribution in [1.82, 2.24) is 4.98 Å². The van der Waals surface area contributed by atoms with Crippen molar-refractivity contribution in [2.45, 2.75) is 12.8 Å². The number of amides is 1. The van der Waals surface area contributed by atoms with Gasteiger partial charge in [-0.3, -0.25) is 4.79 Å². The molecule has 1 amide bonds. The molecule has 1 heterocycles. The summed E-state index contributed by atoms with van der Waals surface area (Å²) in [5.41, 5.74) is 1.70. The molecule has 102 valence electrons. The zero-order valence-electron chi connectivity index (χ0n) is 10.8. The molecular formula is C15H14BrN3O. The second-order valence-electron chi connectivity index (χ2n) is 4.83. The lowest BCUT2D eigenvalue weighted by atomic mass is 10.3. The molecule has 0 saturated heterocycles. The second kappa shape index (κ2) is 5.63. The minimum Gasteiger partial charge on any atom is -0.340 e. The first-order valence-corrected chi connectivity index (χ1v) is 7.29. The zero-order valence-corrected chi connectivity index (χ0v) is 12.4. The van der Waals surface area contributed by atoms with Gasteiger partial charge in [-0.05, 0) is 43.2 Å². The summed E-state index contributed by atoms with van der Waals surface area (Å²) >= 11 is 3.43. The van der Waals surface area contributed by atoms with Crippen molar-refractivity contribution < 1.29 is 4.79 Å². The number of aromatic nitrogens is 1. The maximum atomic E-state index is 11.6. The highest BCUT2D eigenvalue weighted by Crippen LogP contribution is 2.30. The number of carbonyl (C=O) groups is 1. The summed E-state index contributed by atoms with van der Waals surface area (Å²) in [6.07, 6.45) is 3.67. The summed E-state index contributed by atoms with van der Waals surface area (Å²) in [7, 11) is 0. The van der Waals surface area contributed by atoms with Gasteiger partial charge in [0.2, 0.25) is 5.91 Å². The number of anilines is 3. The topological polar surface area (TPSA) is 54.0 Å². The summed E-state index contributed by atoms with van der Waals surface area (Å²) in [6.45, 7) is 0. The number of pyridine rings is 1. The molecule has 1 aliphatic rings. The summed E-state index contributed by atoms with van der Waals surface area (Å²) in [5, 5.41) is 6.07. The first kappa shape index (κ1) is 13.1. The fourth-order valence-electron chi connectivity index (χ4n) is 1.85. The monoisotopic (exact) mass is 331 g/mol. The fraction of sp³-hybridized carbons (Fsp3) is 0.200. The lowest BCUT2D eigenvalue weighted by Crippen LogP contribution is -2.13. The Hall–Kier alpha value is -1.88. The molecule has 2 N–H and O–H groups in total. The molecular weight excluding hydrogens is 318 g/mol. The molecule has 1 aliphatic carbocycles. The van der Waals surface area contributed by atoms with Crippen LogP contribution in [-0.4, -0.2) is 10.9 Å². The lowest BCUT2D eigenvalue weighted by molar-refractivity contribution is -0.117. The molecule has 1 aromatic carbocycles. The summed E-state index contributed by atoms with van der Waals surface area (Å²) < 4.78 is 1.01. The van der Waals surface area contributed by atoms with E-state index < -0.39 is 0 Å². The highest BCUT2D eigenvalue weighted by atomic mass is 79.9. The molecule has 0 bridgehead atoms. The highest BCUT2D eigenvalue weighted by Gasteiger charge is 2.29. The van der Waals surface area contributed by atoms with Crippen molar-refractivity contribution in [3.63, 3.8) is 0 Å². The summed E-state index contributed by atoms with van der Waals surface area (Å²) in [4.78, 5) is 15.9. The van der Waals surface area contributed by atoms with Crippen molar-refractivity contribution in [3.05, 3.63) is 47.1 Å². The lowest BCUT2D eigenvalue weighted by Gasteiger charge is -2.07. The van der Waals surface area contributed by atoms with E-state index in [0.29, 0.717) is 0 Å². The molecule has 4 nitrogen and oxygen atoms in total. The van der Waals surface area contributed by atoms with Gasteiger partial charge in [-0.25, -0.2) is 4.98 Å². The van der Waals surface area contributed by atoms with Gasteiger partial charge >= 0.3 is 0 Å². The molecule has 5 heteroatoms. The van der Waals surface area contributed by atoms with Gasteiger partial charge in [-0.15, -0.1) is 0 Å². The molecule has 1 aromatic heterocycles. The van der Waals surface area contributed by atoms with Crippen LogP contribution >= 0.6 is 15.9 Å². The van der Waals surface area contributed by atoms with Gasteiger partial charge in [0.05, 0.1) is 11.9 Å². The molecule has 1 saturated carbocycles. The van der Waals surface area contributed by atoms with Gasteiger partial charge in [0, 0.05) is 16.1 Å². The van der Waals surface area contributed by atoms with E-state index in [-0.39, 0.29) is 11.8 Å². The number of rotatable bonds is 4. The third-order valence-electron chi connectivity index (χ3n) is 3.08. The van der Waals surface area contributed by atoms with Crippen molar-refractivity contribution in [2.24, 2.45) is 5.92 Å². The van der Waals surface area contributed by atoms with Crippen LogP contribution in [0.2, 0.25) is 0 Å². The average molecular weight is 332 g/mol. The normalized spacial score (nSPS) is 13.8. The number of hydrogen-bond donors (Lipinski definition) is 2. The van der Waals surface area contributed by atoms with Crippen LogP contribution < -0.4 is 10.6 Å². The van der Waals surface area contributed by atoms with Crippen LogP contribution in [0.15, 0.2) is 47.1 Å². The molecule has 0 aliphatic heterocycles. The quantitative estimate of drug-likeness (QED) is 0.892. The summed E-state index contributed by atoms with van der Waals surface area (Å²) in [5.74, 6) is 1.04. The van der Waals surface area contributed by atoms with Gasteiger partial charge in [0.1, 0.15) is 5.82 Å². The van der Waals surface area contributed by atoms with Crippen LogP contribution in [0.4, 0.5) is 17.2 Å². The predicted molar refractivity (Wildman–Crippen MR) is 83.0 cm³/mol. The molecule has 0 atom stereocenters. The number of nitrogens with one attached hydrogen (secondary N) is 2. The average Bonchev–Trinajstić information content (AvgIpc) is 3.25. The SMILES string of the molecule is O=C(Nc1ccc(Nc2cccc(Br)c2)nc1)C1CC1. The standard InChI is InChI=1S/C15H14BrN3O/c16-11-2-1-3-12(8-11)18-14-7-6-13(9-17-14)19-15(20)10-4-5-10/h1-3,6-10H,4-5H2,(H,17,18)(H,19,20). The first-order chi connectivity index (χ1) is 9.70. The van der Waals surface area contributed by atoms with Crippen LogP contribution in [0.3, 0.4) is 0 Å². The van der Waals surface area contributed by atoms with E-state index in [1.807, 2.05) is 36.4 Å². The minimum absolute atomic E-state index is 0.0968. The third-order valence-corrected chi connectivity index (χ3v) is 3.57. The van der Waals surface area contributed by atoms with E-state index in [1.54, 1.807) is 6.20 Å². The van der Waals surface area contributed by atoms with Gasteiger partial charge in [0.25, 0.3) is 0 Å². The maximum Gasteiger partial charge on any atom is 0.227 e. The Bertz CT molecular complexity index is 623. The Balaban J connectivity index is 1.65. The Morgan fingerprint density at radius 3 is 2.70 bits per heavy atom. The Kier molecular flexibility index (Phi) is 3.69. The Morgan fingerprint density at radius 1 is 1.20 bits per heavy atom. The molecule has 1 fully saturated rings. The number of hydrogen-bond acceptors (Lipinski definition) is 3. The number of benzene rings is 1. The molecule has 3 rings (SSSR count). The van der Waals surface area contributed by atoms with Crippen LogP contribution in [0.5, 0.6) is 0 Å². The second-order valence-corrected chi connectivity index (χ2v) is 5.75. The largest absolute Gasteiger partial charge is 0.340 e. The van der Waals surface area contributed by atoms with E-state index in [1.165, 1.54) is 0 Å². The van der Waals surface area contributed by atoms with E-state index in [2.05, 4.69) is 31.5 Å². The molecule has 0 spiro atoms. The van der Waals surface area contributed by atoms with Crippen molar-refractivity contribution in [2.75, 3.05) is 10.6 Å². The van der Waals surface area contributed by atoms with Crippen molar-refractivity contribution >= 4 is 39.0 Å². The van der Waals surface area contributed by atoms with Gasteiger partial charge in [-0.2, -0.15) is 0 Å². The van der Waals surface area contributed by atoms with E-state index in [0.717, 1.165) is 34.5 Å². The molecule has 0 radical (unpaired) electrons. The summed E-state index contributed by atoms with van der Waals surface area (Å²) in [6, 6.07) is 11.6. The molecule has 20 heavy (non-hydrogen) atoms. The van der Waals surface area contributed by atoms with Crippen LogP contribution in [0, 0.1) is 5.92 Å². The fourth-order valence-corrected chi connectivity index (χ4v) is 2.24. The van der Waals surface area contributed by atoms with Gasteiger partial charge in [0.15, 0.2) is 0 Å². The predicted octanol–water partition coefficient (Wildman–Crippen LogP) is 3.94. The van der Waals surface area contributed by atoms with E-state index >= 15 is 0 Å². The molecule has 2 aromatic rings. The van der Waals surface area contributed by atoms with Crippen LogP contribution in [-0.2, 0) is 4.79 Å². The smallest absolute Gasteiger partial charge is 0.227 e. The highest BCUT2D eigenvalue weighted by molar-refractivity contribution is 9.10. The first-order valence-electron chi connectivity index (χ1n) is 6.50. The zero-order chi connectivity index (χ0) is 13.9. The van der Waals surface area contributed by atoms with E-state index in [4.69, 9.17) is 0 Å². The molecule has 0 unspecified atom stereocenters. The maximum absolute atomic E-state index is 11.6. The number of halogens is 1. The van der Waals surface area contributed by atoms with Crippen molar-refractivity contribution in [1.29, 1.82) is 0 Å². The van der Waals surface area contributed by atoms with Gasteiger partial charge in [-0.1, -0.05) is 22.0 Å². The van der Waals surface area contributed by atoms with Gasteiger partial charge < -0.3 is 10.6 Å². The number of carbonyl (C=O) groups excluding carboxylic acids is 1. The van der Waals surface area contributed by atoms with E-state index in [9.17, 15) is 4.79 Å². The van der Waals surface area contributed by atoms with Crippen LogP contribution in [0.1, 0.15) is 12.8 Å². The van der Waals surface area contributed by atoms with Crippen LogP contribution in [0.25, 0.3) is 0 Å². The minimum atomic E-state index is 0.0968.